The first kappa shape index (κ1) is 14.4. The number of methoxy groups -OCH3 is 1. The third kappa shape index (κ3) is 4.30. The van der Waals surface area contributed by atoms with Crippen LogP contribution in [0, 0.1) is 0 Å². The van der Waals surface area contributed by atoms with Crippen molar-refractivity contribution in [1.29, 1.82) is 0 Å². The lowest BCUT2D eigenvalue weighted by Gasteiger charge is -2.09. The quantitative estimate of drug-likeness (QED) is 0.790. The highest BCUT2D eigenvalue weighted by Gasteiger charge is 1.97. The first-order valence-corrected chi connectivity index (χ1v) is 7.27. The first-order valence-electron chi connectivity index (χ1n) is 7.27. The van der Waals surface area contributed by atoms with E-state index in [1.807, 2.05) is 12.1 Å². The fraction of sp³-hybridized carbons (Fsp3) is 0.333. The molecule has 20 heavy (non-hydrogen) atoms. The molecule has 0 fully saturated rings. The molecule has 0 aliphatic carbocycles. The van der Waals surface area contributed by atoms with E-state index in [1.54, 1.807) is 7.11 Å². The minimum Gasteiger partial charge on any atom is -0.497 e. The van der Waals surface area contributed by atoms with Crippen molar-refractivity contribution in [3.05, 3.63) is 59.7 Å². The summed E-state index contributed by atoms with van der Waals surface area (Å²) in [6.07, 6.45) is 3.68. The molecular formula is C18H23NO. The standard InChI is InChI=1S/C18H23NO/c1-3-4-6-15-9-11-17(12-10-15)19-14-16-7-5-8-18(13-16)20-2/h5,7-13,19H,3-4,6,14H2,1-2H3. The van der Waals surface area contributed by atoms with Crippen LogP contribution in [0.25, 0.3) is 0 Å². The Morgan fingerprint density at radius 2 is 1.80 bits per heavy atom. The lowest BCUT2D eigenvalue weighted by atomic mass is 10.1. The summed E-state index contributed by atoms with van der Waals surface area (Å²) >= 11 is 0. The monoisotopic (exact) mass is 269 g/mol. The van der Waals surface area contributed by atoms with Crippen molar-refractivity contribution in [3.63, 3.8) is 0 Å². The summed E-state index contributed by atoms with van der Waals surface area (Å²) in [6.45, 7) is 3.04. The van der Waals surface area contributed by atoms with Crippen LogP contribution in [0.2, 0.25) is 0 Å². The van der Waals surface area contributed by atoms with Crippen molar-refractivity contribution in [2.24, 2.45) is 0 Å². The highest BCUT2D eigenvalue weighted by Crippen LogP contribution is 2.16. The van der Waals surface area contributed by atoms with Gasteiger partial charge in [-0.1, -0.05) is 37.6 Å². The Morgan fingerprint density at radius 3 is 2.50 bits per heavy atom. The second-order valence-electron chi connectivity index (χ2n) is 5.01. The van der Waals surface area contributed by atoms with Gasteiger partial charge in [-0.25, -0.2) is 0 Å². The van der Waals surface area contributed by atoms with Crippen LogP contribution in [-0.4, -0.2) is 7.11 Å². The van der Waals surface area contributed by atoms with E-state index in [9.17, 15) is 0 Å². The molecule has 0 heterocycles. The van der Waals surface area contributed by atoms with Gasteiger partial charge in [0, 0.05) is 12.2 Å². The smallest absolute Gasteiger partial charge is 0.119 e. The lowest BCUT2D eigenvalue weighted by molar-refractivity contribution is 0.414. The Bertz CT molecular complexity index is 519. The molecule has 2 rings (SSSR count). The van der Waals surface area contributed by atoms with Crippen molar-refractivity contribution in [3.8, 4) is 5.75 Å². The van der Waals surface area contributed by atoms with Gasteiger partial charge in [0.1, 0.15) is 5.75 Å². The van der Waals surface area contributed by atoms with Gasteiger partial charge in [-0.2, -0.15) is 0 Å². The van der Waals surface area contributed by atoms with Gasteiger partial charge in [0.05, 0.1) is 7.11 Å². The zero-order valence-electron chi connectivity index (χ0n) is 12.4. The molecule has 0 aliphatic heterocycles. The summed E-state index contributed by atoms with van der Waals surface area (Å²) < 4.78 is 5.23. The van der Waals surface area contributed by atoms with Crippen LogP contribution in [0.3, 0.4) is 0 Å². The lowest BCUT2D eigenvalue weighted by Crippen LogP contribution is -1.99. The van der Waals surface area contributed by atoms with E-state index in [0.717, 1.165) is 18.0 Å². The maximum atomic E-state index is 5.23. The highest BCUT2D eigenvalue weighted by atomic mass is 16.5. The molecule has 2 aromatic carbocycles. The number of nitrogens with one attached hydrogen (secondary N) is 1. The number of anilines is 1. The van der Waals surface area contributed by atoms with Crippen LogP contribution < -0.4 is 10.1 Å². The Balaban J connectivity index is 1.89. The molecule has 0 spiro atoms. The first-order chi connectivity index (χ1) is 9.81. The SMILES string of the molecule is CCCCc1ccc(NCc2cccc(OC)c2)cc1. The second kappa shape index (κ2) is 7.59. The molecule has 0 aliphatic rings. The number of aryl methyl sites for hydroxylation is 1. The zero-order valence-corrected chi connectivity index (χ0v) is 12.4. The highest BCUT2D eigenvalue weighted by molar-refractivity contribution is 5.45. The van der Waals surface area contributed by atoms with Gasteiger partial charge in [-0.3, -0.25) is 0 Å². The van der Waals surface area contributed by atoms with E-state index in [4.69, 9.17) is 4.74 Å². The number of ether oxygens (including phenoxy) is 1. The largest absolute Gasteiger partial charge is 0.497 e. The Kier molecular flexibility index (Phi) is 5.48. The Hall–Kier alpha value is -1.96. The van der Waals surface area contributed by atoms with E-state index in [-0.39, 0.29) is 0 Å². The number of rotatable bonds is 7. The van der Waals surface area contributed by atoms with Gasteiger partial charge < -0.3 is 10.1 Å². The van der Waals surface area contributed by atoms with Crippen molar-refractivity contribution >= 4 is 5.69 Å². The molecule has 1 N–H and O–H groups in total. The van der Waals surface area contributed by atoms with Crippen LogP contribution in [0.1, 0.15) is 30.9 Å². The minimum absolute atomic E-state index is 0.811. The van der Waals surface area contributed by atoms with Crippen molar-refractivity contribution in [1.82, 2.24) is 0 Å². The molecule has 2 nitrogen and oxygen atoms in total. The second-order valence-corrected chi connectivity index (χ2v) is 5.01. The third-order valence-corrected chi connectivity index (χ3v) is 3.40. The predicted octanol–water partition coefficient (Wildman–Crippen LogP) is 4.65. The van der Waals surface area contributed by atoms with Gasteiger partial charge in [-0.15, -0.1) is 0 Å². The van der Waals surface area contributed by atoms with Crippen molar-refractivity contribution in [2.75, 3.05) is 12.4 Å². The van der Waals surface area contributed by atoms with Crippen LogP contribution in [-0.2, 0) is 13.0 Å². The van der Waals surface area contributed by atoms with Crippen LogP contribution in [0.5, 0.6) is 5.75 Å². The van der Waals surface area contributed by atoms with Gasteiger partial charge >= 0.3 is 0 Å². The fourth-order valence-corrected chi connectivity index (χ4v) is 2.16. The summed E-state index contributed by atoms with van der Waals surface area (Å²) in [7, 11) is 1.70. The zero-order chi connectivity index (χ0) is 14.2. The molecule has 0 bridgehead atoms. The maximum Gasteiger partial charge on any atom is 0.119 e. The maximum absolute atomic E-state index is 5.23. The van der Waals surface area contributed by atoms with Gasteiger partial charge in [0.2, 0.25) is 0 Å². The molecule has 2 aromatic rings. The number of hydrogen-bond donors (Lipinski definition) is 1. The van der Waals surface area contributed by atoms with Crippen LogP contribution >= 0.6 is 0 Å². The third-order valence-electron chi connectivity index (χ3n) is 3.40. The number of hydrogen-bond acceptors (Lipinski definition) is 2. The minimum atomic E-state index is 0.811. The molecule has 0 saturated heterocycles. The Morgan fingerprint density at radius 1 is 1.00 bits per heavy atom. The average molecular weight is 269 g/mol. The molecule has 0 unspecified atom stereocenters. The average Bonchev–Trinajstić information content (AvgIpc) is 2.52. The van der Waals surface area contributed by atoms with Gasteiger partial charge in [-0.05, 0) is 48.2 Å². The summed E-state index contributed by atoms with van der Waals surface area (Å²) in [5, 5.41) is 3.44. The van der Waals surface area contributed by atoms with E-state index in [0.29, 0.717) is 0 Å². The van der Waals surface area contributed by atoms with Crippen LogP contribution in [0.4, 0.5) is 5.69 Å². The summed E-state index contributed by atoms with van der Waals surface area (Å²) in [4.78, 5) is 0. The normalized spacial score (nSPS) is 10.3. The van der Waals surface area contributed by atoms with Gasteiger partial charge in [0.15, 0.2) is 0 Å². The molecule has 0 radical (unpaired) electrons. The van der Waals surface area contributed by atoms with E-state index in [2.05, 4.69) is 48.6 Å². The molecule has 106 valence electrons. The molecule has 2 heteroatoms. The molecular weight excluding hydrogens is 246 g/mol. The summed E-state index contributed by atoms with van der Waals surface area (Å²) in [6, 6.07) is 16.9. The van der Waals surface area contributed by atoms with Crippen molar-refractivity contribution in [2.45, 2.75) is 32.7 Å². The molecule has 0 saturated carbocycles. The summed E-state index contributed by atoms with van der Waals surface area (Å²) in [5.74, 6) is 0.902. The van der Waals surface area contributed by atoms with Crippen molar-refractivity contribution < 1.29 is 4.74 Å². The predicted molar refractivity (Wildman–Crippen MR) is 85.4 cm³/mol. The molecule has 0 atom stereocenters. The fourth-order valence-electron chi connectivity index (χ4n) is 2.16. The van der Waals surface area contributed by atoms with E-state index in [1.165, 1.54) is 30.4 Å². The number of unbranched alkanes of at least 4 members (excludes halogenated alkanes) is 1. The molecule has 0 amide bonds. The van der Waals surface area contributed by atoms with Crippen LogP contribution in [0.15, 0.2) is 48.5 Å². The topological polar surface area (TPSA) is 21.3 Å². The van der Waals surface area contributed by atoms with E-state index < -0.39 is 0 Å². The summed E-state index contributed by atoms with van der Waals surface area (Å²) in [5.41, 5.74) is 3.80. The molecule has 0 aromatic heterocycles. The van der Waals surface area contributed by atoms with Gasteiger partial charge in [0.25, 0.3) is 0 Å². The number of benzene rings is 2. The Labute approximate surface area is 121 Å². The van der Waals surface area contributed by atoms with E-state index >= 15 is 0 Å².